The summed E-state index contributed by atoms with van der Waals surface area (Å²) in [5, 5.41) is 2.74. The summed E-state index contributed by atoms with van der Waals surface area (Å²) in [7, 11) is 0. The molecule has 1 saturated heterocycles. The second kappa shape index (κ2) is 7.97. The van der Waals surface area contributed by atoms with Crippen LogP contribution in [-0.4, -0.2) is 54.5 Å². The van der Waals surface area contributed by atoms with E-state index >= 15 is 0 Å². The zero-order chi connectivity index (χ0) is 16.0. The summed E-state index contributed by atoms with van der Waals surface area (Å²) in [6.07, 6.45) is 1.33. The molecule has 1 heterocycles. The topological polar surface area (TPSA) is 102 Å². The number of ether oxygens (including phenoxy) is 1. The minimum atomic E-state index is -1.29. The molecule has 1 aliphatic heterocycles. The Labute approximate surface area is 125 Å². The quantitative estimate of drug-likeness (QED) is 0.533. The smallest absolute Gasteiger partial charge is 0.332 e. The minimum absolute atomic E-state index is 0.0200. The number of esters is 1. The molecule has 1 atom stereocenters. The van der Waals surface area contributed by atoms with Crippen molar-refractivity contribution in [2.75, 3.05) is 19.7 Å². The summed E-state index contributed by atoms with van der Waals surface area (Å²) in [5.74, 6) is -1.14. The molecule has 1 unspecified atom stereocenters. The van der Waals surface area contributed by atoms with Crippen LogP contribution in [0.25, 0.3) is 0 Å². The molecular formula is C14H25N3O4. The average Bonchev–Trinajstić information content (AvgIpc) is 2.46. The third kappa shape index (κ3) is 5.00. The number of nitrogens with one attached hydrogen (secondary N) is 1. The maximum Gasteiger partial charge on any atom is 0.332 e. The van der Waals surface area contributed by atoms with Crippen molar-refractivity contribution in [1.82, 2.24) is 10.2 Å². The molecule has 0 radical (unpaired) electrons. The number of piperidine rings is 1. The SMILES string of the molecule is CCOC(=O)C(N)C(=O)NC1CCN(C(=O)C(C)C)CC1. The molecule has 0 bridgehead atoms. The maximum atomic E-state index is 11.9. The van der Waals surface area contributed by atoms with Gasteiger partial charge in [0.2, 0.25) is 11.8 Å². The standard InChI is InChI=1S/C14H25N3O4/c1-4-21-14(20)11(15)12(18)16-10-5-7-17(8-6-10)13(19)9(2)3/h9-11H,4-8,15H2,1-3H3,(H,16,18). The Bertz CT molecular complexity index is 390. The molecule has 2 amide bonds. The highest BCUT2D eigenvalue weighted by Crippen LogP contribution is 2.13. The number of rotatable bonds is 5. The molecule has 0 aromatic rings. The van der Waals surface area contributed by atoms with Gasteiger partial charge in [0.05, 0.1) is 6.61 Å². The highest BCUT2D eigenvalue weighted by Gasteiger charge is 2.29. The third-order valence-corrected chi connectivity index (χ3v) is 3.47. The zero-order valence-electron chi connectivity index (χ0n) is 12.9. The fourth-order valence-electron chi connectivity index (χ4n) is 2.24. The van der Waals surface area contributed by atoms with E-state index in [0.29, 0.717) is 25.9 Å². The van der Waals surface area contributed by atoms with Crippen LogP contribution in [0.1, 0.15) is 33.6 Å². The number of nitrogens with zero attached hydrogens (tertiary/aromatic N) is 1. The number of carbonyl (C=O) groups excluding carboxylic acids is 3. The van der Waals surface area contributed by atoms with E-state index in [1.807, 2.05) is 13.8 Å². The maximum absolute atomic E-state index is 11.9. The number of hydrogen-bond donors (Lipinski definition) is 2. The molecule has 7 nitrogen and oxygen atoms in total. The van der Waals surface area contributed by atoms with Gasteiger partial charge in [-0.2, -0.15) is 0 Å². The van der Waals surface area contributed by atoms with Gasteiger partial charge >= 0.3 is 5.97 Å². The lowest BCUT2D eigenvalue weighted by Gasteiger charge is -2.33. The van der Waals surface area contributed by atoms with Crippen molar-refractivity contribution in [3.8, 4) is 0 Å². The molecule has 3 N–H and O–H groups in total. The summed E-state index contributed by atoms with van der Waals surface area (Å²) in [6, 6.07) is -1.35. The van der Waals surface area contributed by atoms with Gasteiger partial charge in [0, 0.05) is 25.0 Å². The molecular weight excluding hydrogens is 274 g/mol. The Balaban J connectivity index is 2.40. The first-order chi connectivity index (χ1) is 9.86. The summed E-state index contributed by atoms with van der Waals surface area (Å²) < 4.78 is 4.71. The van der Waals surface area contributed by atoms with E-state index in [4.69, 9.17) is 10.5 Å². The normalized spacial score (nSPS) is 17.5. The van der Waals surface area contributed by atoms with Crippen LogP contribution in [-0.2, 0) is 19.1 Å². The number of hydrogen-bond acceptors (Lipinski definition) is 5. The summed E-state index contributed by atoms with van der Waals surface area (Å²) in [4.78, 5) is 36.9. The Hall–Kier alpha value is -1.63. The van der Waals surface area contributed by atoms with Crippen molar-refractivity contribution >= 4 is 17.8 Å². The van der Waals surface area contributed by atoms with E-state index < -0.39 is 17.9 Å². The van der Waals surface area contributed by atoms with Crippen LogP contribution in [0.15, 0.2) is 0 Å². The molecule has 1 fully saturated rings. The van der Waals surface area contributed by atoms with Gasteiger partial charge in [-0.3, -0.25) is 9.59 Å². The van der Waals surface area contributed by atoms with E-state index in [0.717, 1.165) is 0 Å². The molecule has 0 aliphatic carbocycles. The highest BCUT2D eigenvalue weighted by molar-refractivity contribution is 6.01. The Kier molecular flexibility index (Phi) is 6.61. The van der Waals surface area contributed by atoms with Gasteiger partial charge in [-0.05, 0) is 19.8 Å². The van der Waals surface area contributed by atoms with Crippen molar-refractivity contribution in [3.05, 3.63) is 0 Å². The minimum Gasteiger partial charge on any atom is -0.464 e. The van der Waals surface area contributed by atoms with Crippen LogP contribution < -0.4 is 11.1 Å². The molecule has 7 heteroatoms. The van der Waals surface area contributed by atoms with Crippen LogP contribution in [0.4, 0.5) is 0 Å². The number of nitrogens with two attached hydrogens (primary N) is 1. The van der Waals surface area contributed by atoms with Crippen molar-refractivity contribution in [1.29, 1.82) is 0 Å². The lowest BCUT2D eigenvalue weighted by atomic mass is 10.0. The van der Waals surface area contributed by atoms with Crippen molar-refractivity contribution in [2.24, 2.45) is 11.7 Å². The third-order valence-electron chi connectivity index (χ3n) is 3.47. The van der Waals surface area contributed by atoms with Gasteiger partial charge in [-0.15, -0.1) is 0 Å². The Morgan fingerprint density at radius 2 is 1.86 bits per heavy atom. The molecule has 1 aliphatic rings. The van der Waals surface area contributed by atoms with E-state index in [1.165, 1.54) is 0 Å². The molecule has 0 spiro atoms. The average molecular weight is 299 g/mol. The fourth-order valence-corrected chi connectivity index (χ4v) is 2.24. The second-order valence-corrected chi connectivity index (χ2v) is 5.49. The largest absolute Gasteiger partial charge is 0.464 e. The van der Waals surface area contributed by atoms with E-state index in [1.54, 1.807) is 11.8 Å². The number of amides is 2. The van der Waals surface area contributed by atoms with E-state index in [-0.39, 0.29) is 24.5 Å². The molecule has 1 rings (SSSR count). The lowest BCUT2D eigenvalue weighted by Crippen LogP contribution is -2.53. The zero-order valence-corrected chi connectivity index (χ0v) is 12.9. The predicted octanol–water partition coefficient (Wildman–Crippen LogP) is -0.360. The first kappa shape index (κ1) is 17.4. The number of carbonyl (C=O) groups is 3. The fraction of sp³-hybridized carbons (Fsp3) is 0.786. The van der Waals surface area contributed by atoms with Crippen LogP contribution >= 0.6 is 0 Å². The molecule has 0 aromatic carbocycles. The van der Waals surface area contributed by atoms with Gasteiger partial charge < -0.3 is 20.7 Å². The summed E-state index contributed by atoms with van der Waals surface area (Å²) in [5.41, 5.74) is 5.53. The monoisotopic (exact) mass is 299 g/mol. The Morgan fingerprint density at radius 1 is 1.29 bits per heavy atom. The van der Waals surface area contributed by atoms with Gasteiger partial charge in [0.25, 0.3) is 0 Å². The number of likely N-dealkylation sites (tertiary alicyclic amines) is 1. The highest BCUT2D eigenvalue weighted by atomic mass is 16.5. The first-order valence-corrected chi connectivity index (χ1v) is 7.38. The lowest BCUT2D eigenvalue weighted by molar-refractivity contribution is -0.148. The van der Waals surface area contributed by atoms with Gasteiger partial charge in [0.1, 0.15) is 0 Å². The summed E-state index contributed by atoms with van der Waals surface area (Å²) >= 11 is 0. The first-order valence-electron chi connectivity index (χ1n) is 7.38. The van der Waals surface area contributed by atoms with Crippen LogP contribution in [0.5, 0.6) is 0 Å². The molecule has 120 valence electrons. The molecule has 0 saturated carbocycles. The van der Waals surface area contributed by atoms with Crippen LogP contribution in [0, 0.1) is 5.92 Å². The molecule has 21 heavy (non-hydrogen) atoms. The van der Waals surface area contributed by atoms with E-state index in [9.17, 15) is 14.4 Å². The van der Waals surface area contributed by atoms with Crippen molar-refractivity contribution in [2.45, 2.75) is 45.7 Å². The predicted molar refractivity (Wildman–Crippen MR) is 77.2 cm³/mol. The molecule has 0 aromatic heterocycles. The van der Waals surface area contributed by atoms with Crippen LogP contribution in [0.3, 0.4) is 0 Å². The Morgan fingerprint density at radius 3 is 2.33 bits per heavy atom. The summed E-state index contributed by atoms with van der Waals surface area (Å²) in [6.45, 7) is 6.80. The van der Waals surface area contributed by atoms with E-state index in [2.05, 4.69) is 5.32 Å². The second-order valence-electron chi connectivity index (χ2n) is 5.49. The van der Waals surface area contributed by atoms with Gasteiger partial charge in [-0.25, -0.2) is 4.79 Å². The van der Waals surface area contributed by atoms with Crippen LogP contribution in [0.2, 0.25) is 0 Å². The van der Waals surface area contributed by atoms with Crippen molar-refractivity contribution in [3.63, 3.8) is 0 Å². The van der Waals surface area contributed by atoms with Gasteiger partial charge in [-0.1, -0.05) is 13.8 Å². The van der Waals surface area contributed by atoms with Gasteiger partial charge in [0.15, 0.2) is 6.04 Å². The van der Waals surface area contributed by atoms with Crippen molar-refractivity contribution < 1.29 is 19.1 Å².